The number of aromatic nitrogens is 1. The highest BCUT2D eigenvalue weighted by Crippen LogP contribution is 2.32. The average Bonchev–Trinajstić information content (AvgIpc) is 3.17. The summed E-state index contributed by atoms with van der Waals surface area (Å²) in [6.45, 7) is 0.277. The number of para-hydroxylation sites is 1. The van der Waals surface area contributed by atoms with Gasteiger partial charge in [0.25, 0.3) is 26.1 Å². The number of nitrogens with zero attached hydrogens (tertiary/aromatic N) is 1. The Morgan fingerprint density at radius 2 is 1.64 bits per heavy atom. The average molecular weight is 564 g/mol. The lowest BCUT2D eigenvalue weighted by molar-refractivity contribution is 0.0864. The summed E-state index contributed by atoms with van der Waals surface area (Å²) < 4.78 is 57.6. The third-order valence-electron chi connectivity index (χ3n) is 4.04. The lowest BCUT2D eigenvalue weighted by atomic mass is 10.2. The minimum atomic E-state index is -3.67. The van der Waals surface area contributed by atoms with Gasteiger partial charge in [0.2, 0.25) is 0 Å². The second kappa shape index (κ2) is 12.5. The minimum absolute atomic E-state index is 0.259. The van der Waals surface area contributed by atoms with Gasteiger partial charge in [-0.3, -0.25) is 24.2 Å². The molecule has 0 aliphatic carbocycles. The number of guanidine groups is 1. The molecule has 16 heteroatoms. The number of nitrogens with one attached hydrogen (secondary N) is 2. The Balaban J connectivity index is 0.000000550. The molecule has 198 valence electrons. The lowest BCUT2D eigenvalue weighted by Crippen LogP contribution is -2.38. The predicted molar refractivity (Wildman–Crippen MR) is 137 cm³/mol. The van der Waals surface area contributed by atoms with E-state index in [1.807, 2.05) is 18.2 Å². The monoisotopic (exact) mass is 563 g/mol. The number of H-pyrrole nitrogens is 1. The Morgan fingerprint density at radius 3 is 2.14 bits per heavy atom. The summed E-state index contributed by atoms with van der Waals surface area (Å²) in [5.74, 6) is -0.254. The molecule has 0 saturated carbocycles. The smallest absolute Gasteiger partial charge is 0.276 e. The second-order valence-corrected chi connectivity index (χ2v) is 10.6. The van der Waals surface area contributed by atoms with Crippen LogP contribution < -0.4 is 16.2 Å². The fraction of sp³-hybridized carbons (Fsp3) is 0.200. The van der Waals surface area contributed by atoms with Crippen LogP contribution >= 0.6 is 11.6 Å². The first kappa shape index (κ1) is 30.7. The van der Waals surface area contributed by atoms with Crippen LogP contribution in [0.4, 0.5) is 5.69 Å². The molecule has 8 N–H and O–H groups in total. The van der Waals surface area contributed by atoms with E-state index in [0.717, 1.165) is 10.5 Å². The van der Waals surface area contributed by atoms with Gasteiger partial charge < -0.3 is 21.2 Å². The zero-order valence-corrected chi connectivity index (χ0v) is 21.8. The van der Waals surface area contributed by atoms with E-state index >= 15 is 0 Å². The van der Waals surface area contributed by atoms with Gasteiger partial charge in [-0.15, -0.1) is 0 Å². The first-order valence-electron chi connectivity index (χ1n) is 9.62. The van der Waals surface area contributed by atoms with E-state index in [1.54, 1.807) is 24.3 Å². The fourth-order valence-electron chi connectivity index (χ4n) is 2.51. The molecule has 0 saturated heterocycles. The summed E-state index contributed by atoms with van der Waals surface area (Å²) in [5.41, 5.74) is 13.6. The maximum Gasteiger partial charge on any atom is 0.276 e. The number of anilines is 1. The van der Waals surface area contributed by atoms with Gasteiger partial charge in [0.15, 0.2) is 5.96 Å². The molecule has 3 rings (SSSR count). The lowest BCUT2D eigenvalue weighted by Gasteiger charge is -2.13. The van der Waals surface area contributed by atoms with Crippen molar-refractivity contribution in [3.63, 3.8) is 0 Å². The summed E-state index contributed by atoms with van der Waals surface area (Å²) in [4.78, 5) is 16.4. The second-order valence-electron chi connectivity index (χ2n) is 7.22. The van der Waals surface area contributed by atoms with Crippen LogP contribution in [0.3, 0.4) is 0 Å². The van der Waals surface area contributed by atoms with Crippen molar-refractivity contribution in [2.45, 2.75) is 6.61 Å². The molecule has 1 aromatic heterocycles. The van der Waals surface area contributed by atoms with E-state index in [-0.39, 0.29) is 18.3 Å². The van der Waals surface area contributed by atoms with Gasteiger partial charge in [0.05, 0.1) is 23.1 Å². The fourth-order valence-corrected chi connectivity index (χ4v) is 2.72. The van der Waals surface area contributed by atoms with E-state index in [4.69, 9.17) is 42.3 Å². The number of nitrogen functional groups attached to an aromatic ring is 1. The van der Waals surface area contributed by atoms with Gasteiger partial charge in [-0.1, -0.05) is 29.8 Å². The first-order chi connectivity index (χ1) is 16.4. The van der Waals surface area contributed by atoms with Crippen molar-refractivity contribution in [2.24, 2.45) is 5.73 Å². The molecule has 36 heavy (non-hydrogen) atoms. The van der Waals surface area contributed by atoms with Crippen LogP contribution in [0.1, 0.15) is 16.1 Å². The quantitative estimate of drug-likeness (QED) is 0.117. The Labute approximate surface area is 213 Å². The van der Waals surface area contributed by atoms with Crippen molar-refractivity contribution >= 4 is 60.3 Å². The summed E-state index contributed by atoms with van der Waals surface area (Å²) in [5, 5.41) is 8.51. The van der Waals surface area contributed by atoms with Crippen molar-refractivity contribution in [1.29, 1.82) is 5.41 Å². The minimum Gasteiger partial charge on any atom is -0.487 e. The summed E-state index contributed by atoms with van der Waals surface area (Å²) >= 11 is 6.24. The van der Waals surface area contributed by atoms with Crippen LogP contribution in [-0.4, -0.2) is 67.3 Å². The number of carbonyl (C=O) groups excluding carboxylic acids is 1. The molecule has 0 aliphatic rings. The Hall–Kier alpha value is -3.37. The summed E-state index contributed by atoms with van der Waals surface area (Å²) in [6.07, 6.45) is 1.43. The Kier molecular flexibility index (Phi) is 10.7. The van der Waals surface area contributed by atoms with Crippen molar-refractivity contribution in [2.75, 3.05) is 25.3 Å². The predicted octanol–water partition coefficient (Wildman–Crippen LogP) is 1.96. The van der Waals surface area contributed by atoms with Crippen LogP contribution in [-0.2, 0) is 26.8 Å². The number of halogens is 1. The maximum atomic E-state index is 12.4. The molecule has 0 spiro atoms. The molecule has 1 heterocycles. The van der Waals surface area contributed by atoms with Crippen molar-refractivity contribution in [1.82, 2.24) is 9.88 Å². The van der Waals surface area contributed by atoms with E-state index in [2.05, 4.69) is 4.98 Å². The van der Waals surface area contributed by atoms with Gasteiger partial charge in [0.1, 0.15) is 18.1 Å². The molecule has 0 unspecified atom stereocenters. The normalized spacial score (nSPS) is 10.9. The van der Waals surface area contributed by atoms with Crippen LogP contribution in [0.25, 0.3) is 10.9 Å². The van der Waals surface area contributed by atoms with Crippen molar-refractivity contribution in [3.8, 4) is 5.75 Å². The summed E-state index contributed by atoms with van der Waals surface area (Å²) in [7, 11) is -5.91. The number of carbonyl (C=O) groups is 1. The Bertz CT molecular complexity index is 1410. The van der Waals surface area contributed by atoms with Gasteiger partial charge in [-0.2, -0.15) is 16.8 Å². The topological polar surface area (TPSA) is 230 Å². The summed E-state index contributed by atoms with van der Waals surface area (Å²) in [6, 6.07) is 12.5. The Morgan fingerprint density at radius 1 is 1.11 bits per heavy atom. The van der Waals surface area contributed by atoms with Crippen LogP contribution in [0.2, 0.25) is 5.02 Å². The van der Waals surface area contributed by atoms with E-state index in [0.29, 0.717) is 39.9 Å². The van der Waals surface area contributed by atoms with Crippen LogP contribution in [0.5, 0.6) is 5.75 Å². The number of nitrogens with two attached hydrogens (primary N) is 2. The number of benzene rings is 2. The zero-order valence-electron chi connectivity index (χ0n) is 19.4. The molecule has 3 aromatic rings. The third-order valence-corrected chi connectivity index (χ3v) is 4.37. The molecule has 0 radical (unpaired) electrons. The molecular weight excluding hydrogens is 538 g/mol. The van der Waals surface area contributed by atoms with E-state index < -0.39 is 26.1 Å². The molecule has 0 fully saturated rings. The van der Waals surface area contributed by atoms with Crippen LogP contribution in [0, 0.1) is 5.41 Å². The molecule has 13 nitrogen and oxygen atoms in total. The number of hydrogen-bond acceptors (Lipinski definition) is 8. The molecule has 1 amide bonds. The number of rotatable bonds is 4. The number of amides is 1. The number of aromatic amines is 1. The molecular formula is C20H26ClN5O8S2. The van der Waals surface area contributed by atoms with E-state index in [9.17, 15) is 21.6 Å². The molecule has 0 atom stereocenters. The highest BCUT2D eigenvalue weighted by atomic mass is 35.5. The van der Waals surface area contributed by atoms with Gasteiger partial charge in [-0.25, -0.2) is 0 Å². The molecule has 2 aromatic carbocycles. The van der Waals surface area contributed by atoms with Crippen molar-refractivity contribution < 1.29 is 35.5 Å². The number of hydrogen-bond donors (Lipinski definition) is 6. The maximum absolute atomic E-state index is 12.4. The number of ether oxygens (including phenoxy) is 1. The first-order valence-corrected chi connectivity index (χ1v) is 13.7. The third kappa shape index (κ3) is 10.9. The highest BCUT2D eigenvalue weighted by molar-refractivity contribution is 7.85. The van der Waals surface area contributed by atoms with Crippen LogP contribution in [0.15, 0.2) is 42.5 Å². The van der Waals surface area contributed by atoms with Gasteiger partial charge in [0, 0.05) is 23.7 Å². The SMILES string of the molecule is CN(C(=N)N)C(=O)c1cc2c(Cl)ccc(OCc3ccccc3N)c2[nH]1.CS(=O)(=O)O.CS(=O)(=O)O. The highest BCUT2D eigenvalue weighted by Gasteiger charge is 2.19. The largest absolute Gasteiger partial charge is 0.487 e. The van der Waals surface area contributed by atoms with Gasteiger partial charge >= 0.3 is 0 Å². The van der Waals surface area contributed by atoms with Gasteiger partial charge in [-0.05, 0) is 24.3 Å². The molecule has 0 bridgehead atoms. The standard InChI is InChI=1S/C18H18ClN5O2.2CH4O3S/c1-24(18(21)22)17(25)14-8-11-12(19)6-7-15(16(11)23-14)26-9-10-4-2-3-5-13(10)20;2*1-5(2,3)4/h2-8,23H,9,20H2,1H3,(H3,21,22);2*1H3,(H,2,3,4). The number of fused-ring (bicyclic) bond motifs is 1. The molecule has 0 aliphatic heterocycles. The van der Waals surface area contributed by atoms with Crippen molar-refractivity contribution in [3.05, 3.63) is 58.7 Å². The zero-order chi connectivity index (χ0) is 27.8. The van der Waals surface area contributed by atoms with E-state index in [1.165, 1.54) is 7.05 Å².